The summed E-state index contributed by atoms with van der Waals surface area (Å²) in [5.74, 6) is -3.22. The van der Waals surface area contributed by atoms with E-state index >= 15 is 0 Å². The number of aliphatic hydroxyl groups is 7. The third kappa shape index (κ3) is 5.16. The summed E-state index contributed by atoms with van der Waals surface area (Å²) in [6, 6.07) is 0. The van der Waals surface area contributed by atoms with Gasteiger partial charge in [0, 0.05) is 11.5 Å². The van der Waals surface area contributed by atoms with E-state index in [1.807, 2.05) is 0 Å². The molecule has 2 fully saturated rings. The molecule has 30 heavy (non-hydrogen) atoms. The van der Waals surface area contributed by atoms with Gasteiger partial charge in [-0.05, 0) is 5.53 Å². The number of azide groups is 1. The van der Waals surface area contributed by atoms with Gasteiger partial charge in [0.25, 0.3) is 0 Å². The van der Waals surface area contributed by atoms with Gasteiger partial charge in [0.1, 0.15) is 49.3 Å². The Morgan fingerprint density at radius 1 is 1.03 bits per heavy atom. The van der Waals surface area contributed by atoms with Gasteiger partial charge in [-0.3, -0.25) is 4.79 Å². The third-order valence-corrected chi connectivity index (χ3v) is 4.76. The molecule has 9 atom stereocenters. The highest BCUT2D eigenvalue weighted by Gasteiger charge is 2.59. The molecule has 0 aromatic heterocycles. The molecule has 0 bridgehead atoms. The van der Waals surface area contributed by atoms with Crippen LogP contribution in [0.25, 0.3) is 10.4 Å². The maximum absolute atomic E-state index is 11.8. The third-order valence-electron chi connectivity index (χ3n) is 4.76. The van der Waals surface area contributed by atoms with Gasteiger partial charge < -0.3 is 54.7 Å². The summed E-state index contributed by atoms with van der Waals surface area (Å²) in [7, 11) is 0. The van der Waals surface area contributed by atoms with Gasteiger partial charge in [-0.2, -0.15) is 0 Å². The lowest BCUT2D eigenvalue weighted by Gasteiger charge is -2.43. The van der Waals surface area contributed by atoms with Crippen LogP contribution in [0.5, 0.6) is 0 Å². The Kier molecular flexibility index (Phi) is 8.72. The smallest absolute Gasteiger partial charge is 0.306 e. The topological polar surface area (TPSA) is 244 Å². The number of nitrogens with zero attached hydrogens (tertiary/aromatic N) is 3. The van der Waals surface area contributed by atoms with E-state index in [4.69, 9.17) is 24.5 Å². The second-order valence-electron chi connectivity index (χ2n) is 6.77. The Morgan fingerprint density at radius 3 is 2.27 bits per heavy atom. The molecule has 0 aromatic rings. The van der Waals surface area contributed by atoms with Crippen LogP contribution in [0.3, 0.4) is 0 Å². The monoisotopic (exact) mass is 439 g/mol. The summed E-state index contributed by atoms with van der Waals surface area (Å²) in [6.45, 7) is -2.55. The highest BCUT2D eigenvalue weighted by atomic mass is 16.8. The lowest BCUT2D eigenvalue weighted by Crippen LogP contribution is -2.62. The minimum absolute atomic E-state index is 0.207. The van der Waals surface area contributed by atoms with E-state index in [2.05, 4.69) is 10.0 Å². The predicted octanol–water partition coefficient (Wildman–Crippen LogP) is -4.14. The number of esters is 1. The van der Waals surface area contributed by atoms with Crippen LogP contribution in [0, 0.1) is 0 Å². The number of aliphatic hydroxyl groups excluding tert-OH is 7. The summed E-state index contributed by atoms with van der Waals surface area (Å²) in [4.78, 5) is 14.3. The lowest BCUT2D eigenvalue weighted by molar-refractivity contribution is -0.383. The molecule has 0 radical (unpaired) electrons. The predicted molar refractivity (Wildman–Crippen MR) is 91.1 cm³/mol. The minimum atomic E-state index is -2.34. The van der Waals surface area contributed by atoms with Crippen molar-refractivity contribution in [1.82, 2.24) is 0 Å². The van der Waals surface area contributed by atoms with E-state index in [9.17, 15) is 40.5 Å². The maximum Gasteiger partial charge on any atom is 0.306 e. The molecule has 0 amide bonds. The molecule has 0 aromatic carbocycles. The zero-order valence-electron chi connectivity index (χ0n) is 15.7. The molecule has 15 heteroatoms. The Hall–Kier alpha value is -1.62. The summed E-state index contributed by atoms with van der Waals surface area (Å²) in [5.41, 5.74) is 8.22. The van der Waals surface area contributed by atoms with Gasteiger partial charge in [-0.25, -0.2) is 0 Å². The van der Waals surface area contributed by atoms with E-state index < -0.39 is 80.6 Å². The van der Waals surface area contributed by atoms with Crippen molar-refractivity contribution in [3.63, 3.8) is 0 Å². The van der Waals surface area contributed by atoms with Gasteiger partial charge in [-0.1, -0.05) is 5.11 Å². The number of carbonyl (C=O) groups is 1. The molecule has 2 heterocycles. The number of hydrogen-bond donors (Lipinski definition) is 7. The van der Waals surface area contributed by atoms with Crippen LogP contribution in [-0.4, -0.2) is 123 Å². The van der Waals surface area contributed by atoms with E-state index in [1.165, 1.54) is 0 Å². The van der Waals surface area contributed by atoms with Crippen LogP contribution in [0.2, 0.25) is 0 Å². The van der Waals surface area contributed by atoms with Crippen LogP contribution in [0.15, 0.2) is 5.11 Å². The second-order valence-corrected chi connectivity index (χ2v) is 6.77. The highest BCUT2D eigenvalue weighted by molar-refractivity contribution is 5.69. The summed E-state index contributed by atoms with van der Waals surface area (Å²) in [5, 5.41) is 72.2. The number of hydrogen-bond acceptors (Lipinski definition) is 13. The Bertz CT molecular complexity index is 632. The zero-order valence-corrected chi connectivity index (χ0v) is 15.7. The van der Waals surface area contributed by atoms with Crippen molar-refractivity contribution < 1.29 is 59.5 Å². The van der Waals surface area contributed by atoms with Crippen LogP contribution in [0.1, 0.15) is 6.42 Å². The maximum atomic E-state index is 11.8. The molecule has 7 N–H and O–H groups in total. The largest absolute Gasteiger partial charge is 0.460 e. The van der Waals surface area contributed by atoms with Crippen molar-refractivity contribution in [3.05, 3.63) is 10.4 Å². The molecule has 0 unspecified atom stereocenters. The van der Waals surface area contributed by atoms with Crippen molar-refractivity contribution in [3.8, 4) is 0 Å². The van der Waals surface area contributed by atoms with E-state index in [0.717, 1.165) is 0 Å². The zero-order chi connectivity index (χ0) is 22.5. The minimum Gasteiger partial charge on any atom is -0.460 e. The fraction of sp³-hybridized carbons (Fsp3) is 0.933. The van der Waals surface area contributed by atoms with Gasteiger partial charge in [0.05, 0.1) is 19.6 Å². The summed E-state index contributed by atoms with van der Waals surface area (Å²) >= 11 is 0. The van der Waals surface area contributed by atoms with Crippen molar-refractivity contribution in [1.29, 1.82) is 0 Å². The van der Waals surface area contributed by atoms with Crippen LogP contribution in [-0.2, 0) is 23.7 Å². The molecular weight excluding hydrogens is 414 g/mol. The standard InChI is InChI=1S/C15H25N3O12/c16-18-17-2-1-8(21)27-5-15(13(26)10(23)7(4-20)29-15)30-14-12(25)11(24)9(22)6(3-19)28-14/h6-7,9-14,19-20,22-26H,1-5H2/t6-,7-,9-,10-,11+,12-,13+,14-,15+/m1/s1. The van der Waals surface area contributed by atoms with Crippen molar-refractivity contribution >= 4 is 5.97 Å². The average molecular weight is 439 g/mol. The Balaban J connectivity index is 2.19. The first-order chi connectivity index (χ1) is 14.2. The molecule has 2 saturated heterocycles. The van der Waals surface area contributed by atoms with Gasteiger partial charge in [0.15, 0.2) is 6.29 Å². The quantitative estimate of drug-likeness (QED) is 0.0783. The first kappa shape index (κ1) is 24.6. The SMILES string of the molecule is [N-]=[N+]=NCCC(=O)OC[C@@]1(O[C@H]2O[C@H](CO)[C@@H](O)[C@H](O)[C@H]2O)O[C@H](CO)[C@@H](O)[C@@H]1O. The van der Waals surface area contributed by atoms with E-state index in [0.29, 0.717) is 0 Å². The fourth-order valence-corrected chi connectivity index (χ4v) is 3.06. The van der Waals surface area contributed by atoms with Gasteiger partial charge >= 0.3 is 5.97 Å². The summed E-state index contributed by atoms with van der Waals surface area (Å²) in [6.07, 6.45) is -13.7. The molecule has 2 aliphatic rings. The molecule has 2 aliphatic heterocycles. The van der Waals surface area contributed by atoms with Gasteiger partial charge in [0.2, 0.25) is 5.79 Å². The fourth-order valence-electron chi connectivity index (χ4n) is 3.06. The van der Waals surface area contributed by atoms with Crippen molar-refractivity contribution in [2.24, 2.45) is 5.11 Å². The molecule has 15 nitrogen and oxygen atoms in total. The Morgan fingerprint density at radius 2 is 1.70 bits per heavy atom. The first-order valence-corrected chi connectivity index (χ1v) is 9.00. The van der Waals surface area contributed by atoms with Gasteiger partial charge in [-0.15, -0.1) is 0 Å². The van der Waals surface area contributed by atoms with E-state index in [-0.39, 0.29) is 13.0 Å². The average Bonchev–Trinajstić information content (AvgIpc) is 2.98. The highest BCUT2D eigenvalue weighted by Crippen LogP contribution is 2.36. The molecule has 0 aliphatic carbocycles. The molecule has 172 valence electrons. The van der Waals surface area contributed by atoms with Crippen LogP contribution >= 0.6 is 0 Å². The second kappa shape index (κ2) is 10.6. The number of rotatable bonds is 9. The first-order valence-electron chi connectivity index (χ1n) is 9.00. The van der Waals surface area contributed by atoms with Crippen LogP contribution < -0.4 is 0 Å². The lowest BCUT2D eigenvalue weighted by atomic mass is 9.99. The summed E-state index contributed by atoms with van der Waals surface area (Å²) < 4.78 is 20.9. The number of ether oxygens (including phenoxy) is 4. The normalized spacial score (nSPS) is 41.3. The van der Waals surface area contributed by atoms with Crippen molar-refractivity contribution in [2.45, 2.75) is 61.2 Å². The number of carbonyl (C=O) groups excluding carboxylic acids is 1. The molecule has 0 spiro atoms. The Labute approximate surface area is 169 Å². The molecule has 2 rings (SSSR count). The molecular formula is C15H25N3O12. The molecule has 0 saturated carbocycles. The van der Waals surface area contributed by atoms with E-state index in [1.54, 1.807) is 0 Å². The van der Waals surface area contributed by atoms with Crippen molar-refractivity contribution in [2.75, 3.05) is 26.4 Å². The van der Waals surface area contributed by atoms with Crippen LogP contribution in [0.4, 0.5) is 0 Å².